The van der Waals surface area contributed by atoms with E-state index < -0.39 is 0 Å². The van der Waals surface area contributed by atoms with Crippen LogP contribution in [0.5, 0.6) is 0 Å². The summed E-state index contributed by atoms with van der Waals surface area (Å²) in [5.41, 5.74) is 3.36. The Bertz CT molecular complexity index is 570. The molecule has 0 radical (unpaired) electrons. The molecule has 0 spiro atoms. The van der Waals surface area contributed by atoms with Crippen molar-refractivity contribution in [1.29, 1.82) is 0 Å². The maximum absolute atomic E-state index is 13.0. The molecule has 0 aliphatic carbocycles. The van der Waals surface area contributed by atoms with Gasteiger partial charge in [-0.15, -0.1) is 0 Å². The van der Waals surface area contributed by atoms with Crippen LogP contribution in [0.2, 0.25) is 0 Å². The van der Waals surface area contributed by atoms with Crippen LogP contribution in [0.4, 0.5) is 21.5 Å². The molecule has 2 aromatic carbocycles. The average molecular weight is 354 g/mol. The topological polar surface area (TPSA) is 6.48 Å². The number of alkyl halides is 1. The van der Waals surface area contributed by atoms with E-state index in [1.54, 1.807) is 0 Å². The molecule has 3 rings (SSSR count). The lowest BCUT2D eigenvalue weighted by Crippen LogP contribution is -2.32. The fourth-order valence-corrected chi connectivity index (χ4v) is 3.15. The van der Waals surface area contributed by atoms with Gasteiger partial charge in [-0.3, -0.25) is 0 Å². The monoisotopic (exact) mass is 354 g/mol. The predicted octanol–water partition coefficient (Wildman–Crippen LogP) is 4.13. The third-order valence-electron chi connectivity index (χ3n) is 3.16. The van der Waals surface area contributed by atoms with E-state index in [9.17, 15) is 4.39 Å². The lowest BCUT2D eigenvalue weighted by molar-refractivity contribution is 0.628. The Balaban J connectivity index is 2.10. The van der Waals surface area contributed by atoms with Gasteiger partial charge in [0, 0.05) is 12.7 Å². The minimum atomic E-state index is -0.204. The molecule has 92 valence electrons. The van der Waals surface area contributed by atoms with Crippen LogP contribution in [0, 0.1) is 5.82 Å². The summed E-state index contributed by atoms with van der Waals surface area (Å²) in [5, 5.41) is 0. The Morgan fingerprint density at radius 2 is 1.61 bits per heavy atom. The van der Waals surface area contributed by atoms with Crippen LogP contribution in [0.25, 0.3) is 0 Å². The maximum atomic E-state index is 13.0. The van der Waals surface area contributed by atoms with Crippen molar-refractivity contribution in [3.63, 3.8) is 0 Å². The fraction of sp³-hybridized carbons (Fsp3) is 0.143. The molecule has 0 saturated heterocycles. The van der Waals surface area contributed by atoms with Crippen LogP contribution in [0.15, 0.2) is 48.5 Å². The van der Waals surface area contributed by atoms with Gasteiger partial charge in [-0.25, -0.2) is 4.39 Å². The van der Waals surface area contributed by atoms with Gasteiger partial charge >= 0.3 is 0 Å². The highest BCUT2D eigenvalue weighted by atomic mass is 127. The Labute approximate surface area is 119 Å². The predicted molar refractivity (Wildman–Crippen MR) is 81.2 cm³/mol. The van der Waals surface area contributed by atoms with Gasteiger partial charge < -0.3 is 9.80 Å². The molecular weight excluding hydrogens is 342 g/mol. The van der Waals surface area contributed by atoms with E-state index in [0.717, 1.165) is 11.4 Å². The quantitative estimate of drug-likeness (QED) is 0.432. The van der Waals surface area contributed by atoms with Crippen LogP contribution in [-0.2, 0) is 0 Å². The Morgan fingerprint density at radius 1 is 1.00 bits per heavy atom. The van der Waals surface area contributed by atoms with Gasteiger partial charge in [-0.2, -0.15) is 0 Å². The molecule has 1 aliphatic heterocycles. The zero-order valence-electron chi connectivity index (χ0n) is 9.85. The summed E-state index contributed by atoms with van der Waals surface area (Å²) in [7, 11) is 2.07. The number of nitrogens with zero attached hydrogens (tertiary/aromatic N) is 2. The number of para-hydroxylation sites is 2. The SMILES string of the molecule is CN1c2ccccc2N(c2ccc(F)cc2)C1I. The van der Waals surface area contributed by atoms with E-state index >= 15 is 0 Å². The second-order valence-corrected chi connectivity index (χ2v) is 5.37. The number of rotatable bonds is 1. The molecule has 0 N–H and O–H groups in total. The zero-order chi connectivity index (χ0) is 12.7. The summed E-state index contributed by atoms with van der Waals surface area (Å²) < 4.78 is 13.2. The highest BCUT2D eigenvalue weighted by Gasteiger charge is 2.32. The van der Waals surface area contributed by atoms with E-state index in [1.807, 2.05) is 24.3 Å². The molecule has 0 fully saturated rings. The first-order valence-corrected chi connectivity index (χ1v) is 6.94. The molecule has 0 aromatic heterocycles. The largest absolute Gasteiger partial charge is 0.344 e. The Kier molecular flexibility index (Phi) is 2.89. The molecular formula is C14H12FIN2. The first kappa shape index (κ1) is 11.8. The van der Waals surface area contributed by atoms with Crippen LogP contribution >= 0.6 is 22.6 Å². The summed E-state index contributed by atoms with van der Waals surface area (Å²) in [6.45, 7) is 0. The molecule has 0 saturated carbocycles. The molecule has 1 heterocycles. The Hall–Kier alpha value is -1.30. The molecule has 0 bridgehead atoms. The van der Waals surface area contributed by atoms with Gasteiger partial charge in [0.25, 0.3) is 0 Å². The molecule has 1 aliphatic rings. The number of anilines is 3. The summed E-state index contributed by atoms with van der Waals surface area (Å²) in [6, 6.07) is 14.9. The van der Waals surface area contributed by atoms with Gasteiger partial charge in [-0.05, 0) is 59.0 Å². The summed E-state index contributed by atoms with van der Waals surface area (Å²) in [6.07, 6.45) is 0. The number of hydrogen-bond donors (Lipinski definition) is 0. The summed E-state index contributed by atoms with van der Waals surface area (Å²) in [4.78, 5) is 4.41. The van der Waals surface area contributed by atoms with Gasteiger partial charge in [0.05, 0.1) is 11.4 Å². The van der Waals surface area contributed by atoms with Gasteiger partial charge in [0.15, 0.2) is 4.17 Å². The molecule has 2 nitrogen and oxygen atoms in total. The van der Waals surface area contributed by atoms with Crippen molar-refractivity contribution in [2.45, 2.75) is 4.17 Å². The molecule has 1 unspecified atom stereocenters. The average Bonchev–Trinajstić information content (AvgIpc) is 2.64. The van der Waals surface area contributed by atoms with E-state index in [2.05, 4.69) is 51.6 Å². The number of halogens is 2. The van der Waals surface area contributed by atoms with Crippen molar-refractivity contribution in [3.05, 3.63) is 54.3 Å². The fourth-order valence-electron chi connectivity index (χ4n) is 2.23. The smallest absolute Gasteiger partial charge is 0.159 e. The molecule has 1 atom stereocenters. The van der Waals surface area contributed by atoms with Crippen molar-refractivity contribution in [1.82, 2.24) is 0 Å². The molecule has 18 heavy (non-hydrogen) atoms. The third-order valence-corrected chi connectivity index (χ3v) is 4.55. The van der Waals surface area contributed by atoms with E-state index in [1.165, 1.54) is 17.8 Å². The van der Waals surface area contributed by atoms with Crippen molar-refractivity contribution < 1.29 is 4.39 Å². The Morgan fingerprint density at radius 3 is 2.28 bits per heavy atom. The van der Waals surface area contributed by atoms with Gasteiger partial charge in [0.2, 0.25) is 0 Å². The number of benzene rings is 2. The van der Waals surface area contributed by atoms with Crippen molar-refractivity contribution in [2.75, 3.05) is 16.8 Å². The van der Waals surface area contributed by atoms with Crippen LogP contribution in [0.1, 0.15) is 0 Å². The van der Waals surface area contributed by atoms with E-state index in [4.69, 9.17) is 0 Å². The van der Waals surface area contributed by atoms with E-state index in [0.29, 0.717) is 0 Å². The zero-order valence-corrected chi connectivity index (χ0v) is 12.0. The summed E-state index contributed by atoms with van der Waals surface area (Å²) in [5.74, 6) is -0.204. The minimum Gasteiger partial charge on any atom is -0.344 e. The van der Waals surface area contributed by atoms with Crippen LogP contribution < -0.4 is 9.80 Å². The van der Waals surface area contributed by atoms with Gasteiger partial charge in [0.1, 0.15) is 5.82 Å². The number of fused-ring (bicyclic) bond motifs is 1. The van der Waals surface area contributed by atoms with Crippen molar-refractivity contribution in [3.8, 4) is 0 Å². The lowest BCUT2D eigenvalue weighted by atomic mass is 10.2. The highest BCUT2D eigenvalue weighted by Crippen LogP contribution is 2.44. The lowest BCUT2D eigenvalue weighted by Gasteiger charge is -2.26. The van der Waals surface area contributed by atoms with Crippen LogP contribution in [0.3, 0.4) is 0 Å². The first-order chi connectivity index (χ1) is 8.68. The van der Waals surface area contributed by atoms with E-state index in [-0.39, 0.29) is 9.99 Å². The van der Waals surface area contributed by atoms with Crippen molar-refractivity contribution in [2.24, 2.45) is 0 Å². The third kappa shape index (κ3) is 1.75. The maximum Gasteiger partial charge on any atom is 0.159 e. The number of hydrogen-bond acceptors (Lipinski definition) is 2. The standard InChI is InChI=1S/C14H12FIN2/c1-17-12-4-2-3-5-13(12)18(14(17)16)11-8-6-10(15)7-9-11/h2-9,14H,1H3. The molecule has 2 aromatic rings. The molecule has 4 heteroatoms. The summed E-state index contributed by atoms with van der Waals surface area (Å²) >= 11 is 2.39. The van der Waals surface area contributed by atoms with Crippen molar-refractivity contribution >= 4 is 39.7 Å². The molecule has 0 amide bonds. The van der Waals surface area contributed by atoms with Crippen LogP contribution in [-0.4, -0.2) is 11.2 Å². The van der Waals surface area contributed by atoms with Gasteiger partial charge in [-0.1, -0.05) is 12.1 Å². The normalized spacial score (nSPS) is 18.1. The first-order valence-electron chi connectivity index (χ1n) is 5.69. The second kappa shape index (κ2) is 4.42. The highest BCUT2D eigenvalue weighted by molar-refractivity contribution is 14.1. The minimum absolute atomic E-state index is 0.200. The second-order valence-electron chi connectivity index (χ2n) is 4.26.